The van der Waals surface area contributed by atoms with E-state index in [1.54, 1.807) is 12.1 Å². The highest BCUT2D eigenvalue weighted by Gasteiger charge is 2.24. The van der Waals surface area contributed by atoms with Gasteiger partial charge < -0.3 is 0 Å². The van der Waals surface area contributed by atoms with Gasteiger partial charge in [-0.05, 0) is 44.0 Å². The van der Waals surface area contributed by atoms with Gasteiger partial charge in [-0.25, -0.2) is 9.67 Å². The average molecular weight is 397 g/mol. The van der Waals surface area contributed by atoms with E-state index in [0.717, 1.165) is 4.68 Å². The molecule has 1 N–H and O–H groups in total. The van der Waals surface area contributed by atoms with Crippen molar-refractivity contribution in [1.29, 1.82) is 0 Å². The van der Waals surface area contributed by atoms with E-state index in [1.807, 2.05) is 0 Å². The van der Waals surface area contributed by atoms with Crippen molar-refractivity contribution in [3.8, 4) is 0 Å². The molecular formula is C8H7Br2N5O2S. The fourth-order valence-electron chi connectivity index (χ4n) is 1.24. The lowest BCUT2D eigenvalue weighted by atomic mass is 10.5. The number of rotatable bonds is 3. The Hall–Kier alpha value is -1.00. The van der Waals surface area contributed by atoms with Gasteiger partial charge in [-0.15, -0.1) is 5.10 Å². The third-order valence-electron chi connectivity index (χ3n) is 1.98. The van der Waals surface area contributed by atoms with Crippen LogP contribution in [0, 0.1) is 0 Å². The van der Waals surface area contributed by atoms with Crippen LogP contribution in [0.5, 0.6) is 0 Å². The van der Waals surface area contributed by atoms with Crippen molar-refractivity contribution in [2.75, 3.05) is 4.72 Å². The van der Waals surface area contributed by atoms with Crippen LogP contribution < -0.4 is 4.72 Å². The van der Waals surface area contributed by atoms with Crippen LogP contribution in [0.25, 0.3) is 0 Å². The first-order valence-electron chi connectivity index (χ1n) is 4.60. The maximum absolute atomic E-state index is 12.2. The summed E-state index contributed by atoms with van der Waals surface area (Å²) < 4.78 is 28.5. The summed E-state index contributed by atoms with van der Waals surface area (Å²) in [6.07, 6.45) is 1.49. The van der Waals surface area contributed by atoms with Crippen molar-refractivity contribution in [2.45, 2.75) is 5.03 Å². The molecule has 10 heteroatoms. The van der Waals surface area contributed by atoms with Crippen LogP contribution in [0.3, 0.4) is 0 Å². The fraction of sp³-hybridized carbons (Fsp3) is 0.125. The van der Waals surface area contributed by atoms with Crippen LogP contribution in [-0.4, -0.2) is 28.4 Å². The monoisotopic (exact) mass is 395 g/mol. The van der Waals surface area contributed by atoms with Gasteiger partial charge in [0.05, 0.1) is 4.47 Å². The lowest BCUT2D eigenvalue weighted by Crippen LogP contribution is -2.18. The molecule has 2 aromatic rings. The zero-order valence-electron chi connectivity index (χ0n) is 9.00. The van der Waals surface area contributed by atoms with Gasteiger partial charge in [0.15, 0.2) is 10.4 Å². The van der Waals surface area contributed by atoms with E-state index in [0.29, 0.717) is 4.47 Å². The second-order valence-electron chi connectivity index (χ2n) is 3.25. The average Bonchev–Trinajstić information content (AvgIpc) is 2.62. The minimum Gasteiger partial charge on any atom is -0.261 e. The summed E-state index contributed by atoms with van der Waals surface area (Å²) >= 11 is 6.25. The Balaban J connectivity index is 2.43. The molecule has 2 heterocycles. The van der Waals surface area contributed by atoms with Gasteiger partial charge in [0, 0.05) is 13.2 Å². The van der Waals surface area contributed by atoms with Crippen LogP contribution in [0.15, 0.2) is 32.4 Å². The first kappa shape index (κ1) is 13.4. The Bertz CT molecular complexity index is 665. The number of anilines is 1. The van der Waals surface area contributed by atoms with Gasteiger partial charge in [0.2, 0.25) is 5.03 Å². The minimum absolute atomic E-state index is 0.0694. The van der Waals surface area contributed by atoms with E-state index in [2.05, 4.69) is 51.9 Å². The summed E-state index contributed by atoms with van der Waals surface area (Å²) in [5.74, 6) is 0.200. The summed E-state index contributed by atoms with van der Waals surface area (Å²) in [5, 5.41) is 7.17. The second kappa shape index (κ2) is 4.94. The summed E-state index contributed by atoms with van der Waals surface area (Å²) in [6, 6.07) is 3.37. The van der Waals surface area contributed by atoms with E-state index in [4.69, 9.17) is 0 Å². The third kappa shape index (κ3) is 2.54. The molecule has 0 aliphatic rings. The van der Waals surface area contributed by atoms with Gasteiger partial charge in [0.1, 0.15) is 0 Å². The van der Waals surface area contributed by atoms with Crippen molar-refractivity contribution in [3.05, 3.63) is 27.4 Å². The summed E-state index contributed by atoms with van der Waals surface area (Å²) in [5.41, 5.74) is 0. The zero-order valence-corrected chi connectivity index (χ0v) is 13.0. The molecule has 0 unspecified atom stereocenters. The van der Waals surface area contributed by atoms with Crippen LogP contribution in [0.2, 0.25) is 0 Å². The quantitative estimate of drug-likeness (QED) is 0.849. The number of aryl methyl sites for hydroxylation is 1. The number of pyridine rings is 1. The first-order chi connectivity index (χ1) is 8.42. The van der Waals surface area contributed by atoms with Gasteiger partial charge in [-0.1, -0.05) is 5.21 Å². The van der Waals surface area contributed by atoms with Crippen molar-refractivity contribution >= 4 is 47.7 Å². The highest BCUT2D eigenvalue weighted by molar-refractivity contribution is 9.10. The summed E-state index contributed by atoms with van der Waals surface area (Å²) in [7, 11) is -2.32. The zero-order chi connectivity index (χ0) is 13.3. The van der Waals surface area contributed by atoms with Gasteiger partial charge in [-0.3, -0.25) is 4.72 Å². The number of halogens is 2. The van der Waals surface area contributed by atoms with Gasteiger partial charge in [0.25, 0.3) is 10.0 Å². The molecule has 0 fully saturated rings. The predicted molar refractivity (Wildman–Crippen MR) is 71.4 cm³/mol. The highest BCUT2D eigenvalue weighted by atomic mass is 79.9. The van der Waals surface area contributed by atoms with Crippen LogP contribution in [-0.2, 0) is 17.1 Å². The molecule has 18 heavy (non-hydrogen) atoms. The third-order valence-corrected chi connectivity index (χ3v) is 4.85. The highest BCUT2D eigenvalue weighted by Crippen LogP contribution is 2.24. The number of nitrogens with one attached hydrogen (secondary N) is 1. The molecule has 0 saturated heterocycles. The molecule has 0 saturated carbocycles. The minimum atomic E-state index is -3.81. The van der Waals surface area contributed by atoms with Gasteiger partial charge in [-0.2, -0.15) is 8.42 Å². The molecule has 0 aromatic carbocycles. The van der Waals surface area contributed by atoms with E-state index in [-0.39, 0.29) is 15.4 Å². The Kier molecular flexibility index (Phi) is 3.69. The van der Waals surface area contributed by atoms with Crippen molar-refractivity contribution in [3.63, 3.8) is 0 Å². The number of hydrogen-bond donors (Lipinski definition) is 1. The molecule has 0 aliphatic carbocycles. The van der Waals surface area contributed by atoms with E-state index >= 15 is 0 Å². The van der Waals surface area contributed by atoms with Crippen LogP contribution in [0.1, 0.15) is 0 Å². The lowest BCUT2D eigenvalue weighted by molar-refractivity contribution is 0.578. The standard InChI is InChI=1S/C8H7Br2N5O2S/c1-15-8(6(10)12-14-15)18(16,17)13-7-5(9)3-2-4-11-7/h2-4H,1H3,(H,11,13). The largest absolute Gasteiger partial charge is 0.283 e. The maximum Gasteiger partial charge on any atom is 0.283 e. The van der Waals surface area contributed by atoms with E-state index < -0.39 is 10.0 Å². The Morgan fingerprint density at radius 2 is 2.11 bits per heavy atom. The first-order valence-corrected chi connectivity index (χ1v) is 7.67. The molecule has 0 aliphatic heterocycles. The number of sulfonamides is 1. The molecule has 2 aromatic heterocycles. The molecule has 0 amide bonds. The van der Waals surface area contributed by atoms with Crippen molar-refractivity contribution in [2.24, 2.45) is 7.05 Å². The van der Waals surface area contributed by atoms with E-state index in [1.165, 1.54) is 13.2 Å². The summed E-state index contributed by atoms with van der Waals surface area (Å²) in [6.45, 7) is 0. The molecule has 0 atom stereocenters. The number of hydrogen-bond acceptors (Lipinski definition) is 5. The van der Waals surface area contributed by atoms with Gasteiger partial charge >= 0.3 is 0 Å². The molecule has 96 valence electrons. The van der Waals surface area contributed by atoms with Crippen LogP contribution >= 0.6 is 31.9 Å². The smallest absolute Gasteiger partial charge is 0.261 e. The number of aromatic nitrogens is 4. The molecular weight excluding hydrogens is 390 g/mol. The maximum atomic E-state index is 12.2. The SMILES string of the molecule is Cn1nnc(Br)c1S(=O)(=O)Nc1ncccc1Br. The predicted octanol–water partition coefficient (Wildman–Crippen LogP) is 1.54. The molecule has 0 bridgehead atoms. The Morgan fingerprint density at radius 1 is 1.39 bits per heavy atom. The molecule has 0 spiro atoms. The topological polar surface area (TPSA) is 89.8 Å². The fourth-order valence-corrected chi connectivity index (χ4v) is 3.86. The number of nitrogens with zero attached hydrogens (tertiary/aromatic N) is 4. The van der Waals surface area contributed by atoms with Crippen molar-refractivity contribution in [1.82, 2.24) is 20.0 Å². The Labute approximate surface area is 120 Å². The van der Waals surface area contributed by atoms with Crippen LogP contribution in [0.4, 0.5) is 5.82 Å². The Morgan fingerprint density at radius 3 is 2.67 bits per heavy atom. The van der Waals surface area contributed by atoms with E-state index in [9.17, 15) is 8.42 Å². The second-order valence-corrected chi connectivity index (χ2v) is 6.45. The molecule has 0 radical (unpaired) electrons. The van der Waals surface area contributed by atoms with Crippen molar-refractivity contribution < 1.29 is 8.42 Å². The lowest BCUT2D eigenvalue weighted by Gasteiger charge is -2.08. The summed E-state index contributed by atoms with van der Waals surface area (Å²) in [4.78, 5) is 3.93. The molecule has 2 rings (SSSR count). The molecule has 7 nitrogen and oxygen atoms in total. The normalized spacial score (nSPS) is 11.5.